The van der Waals surface area contributed by atoms with E-state index in [-0.39, 0.29) is 17.7 Å². The molecule has 2 heterocycles. The summed E-state index contributed by atoms with van der Waals surface area (Å²) in [5.74, 6) is 0.896. The highest BCUT2D eigenvalue weighted by atomic mass is 16.5. The number of nitrogens with one attached hydrogen (secondary N) is 1. The van der Waals surface area contributed by atoms with Crippen molar-refractivity contribution >= 4 is 5.91 Å². The van der Waals surface area contributed by atoms with Crippen LogP contribution in [0.5, 0.6) is 11.5 Å². The van der Waals surface area contributed by atoms with Crippen LogP contribution in [0.2, 0.25) is 0 Å². The third-order valence-corrected chi connectivity index (χ3v) is 6.97. The van der Waals surface area contributed by atoms with E-state index in [9.17, 15) is 9.90 Å². The first kappa shape index (κ1) is 24.6. The monoisotopic (exact) mass is 495 g/mol. The number of phenols is 1. The molecule has 0 saturated heterocycles. The minimum Gasteiger partial charge on any atom is -0.507 e. The lowest BCUT2D eigenvalue weighted by Gasteiger charge is -2.27. The zero-order chi connectivity index (χ0) is 25.9. The number of hydrogen-bond donors (Lipinski definition) is 2. The van der Waals surface area contributed by atoms with Gasteiger partial charge in [0.25, 0.3) is 5.91 Å². The summed E-state index contributed by atoms with van der Waals surface area (Å²) in [5.41, 5.74) is 6.30. The topological polar surface area (TPSA) is 78.5 Å². The number of unbranched alkanes of at least 4 members (excludes halogenated alkanes) is 2. The first-order valence-electron chi connectivity index (χ1n) is 12.9. The maximum Gasteiger partial charge on any atom is 0.273 e. The van der Waals surface area contributed by atoms with Gasteiger partial charge in [0.05, 0.1) is 12.6 Å². The molecule has 5 rings (SSSR count). The molecule has 190 valence electrons. The molecule has 0 fully saturated rings. The number of benzene rings is 3. The van der Waals surface area contributed by atoms with Crippen molar-refractivity contribution in [1.29, 1.82) is 0 Å². The Labute approximate surface area is 217 Å². The van der Waals surface area contributed by atoms with Crippen LogP contribution in [-0.4, -0.2) is 32.7 Å². The van der Waals surface area contributed by atoms with Crippen molar-refractivity contribution in [3.8, 4) is 22.8 Å². The molecule has 1 unspecified atom stereocenters. The lowest BCUT2D eigenvalue weighted by molar-refractivity contribution is 0.0730. The summed E-state index contributed by atoms with van der Waals surface area (Å²) >= 11 is 0. The van der Waals surface area contributed by atoms with E-state index in [2.05, 4.69) is 17.1 Å². The van der Waals surface area contributed by atoms with E-state index >= 15 is 0 Å². The number of phenolic OH excluding ortho intramolecular Hbond substituents is 1. The number of aromatic nitrogens is 2. The normalized spacial score (nSPS) is 14.7. The third-order valence-electron chi connectivity index (χ3n) is 6.97. The molecule has 0 spiro atoms. The largest absolute Gasteiger partial charge is 0.507 e. The molecule has 0 saturated carbocycles. The van der Waals surface area contributed by atoms with Crippen LogP contribution < -0.4 is 4.74 Å². The van der Waals surface area contributed by atoms with Crippen LogP contribution in [0.15, 0.2) is 66.7 Å². The number of ether oxygens (including phenoxy) is 1. The predicted molar refractivity (Wildman–Crippen MR) is 145 cm³/mol. The van der Waals surface area contributed by atoms with E-state index in [0.29, 0.717) is 30.1 Å². The van der Waals surface area contributed by atoms with Crippen LogP contribution in [0.4, 0.5) is 0 Å². The number of H-pyrrole nitrogens is 1. The van der Waals surface area contributed by atoms with E-state index in [1.807, 2.05) is 85.5 Å². The van der Waals surface area contributed by atoms with Gasteiger partial charge in [-0.1, -0.05) is 68.3 Å². The van der Waals surface area contributed by atoms with E-state index < -0.39 is 0 Å². The van der Waals surface area contributed by atoms with Gasteiger partial charge in [0.2, 0.25) is 0 Å². The SMILES string of the molecule is CCCCCOc1ccc(C2c3c(-c4cc(C)cc(C)c4O)n[nH]c3C(=O)N2Cc2ccccc2)cc1. The molecule has 2 N–H and O–H groups in total. The Morgan fingerprint density at radius 3 is 2.51 bits per heavy atom. The van der Waals surface area contributed by atoms with Crippen molar-refractivity contribution < 1.29 is 14.6 Å². The van der Waals surface area contributed by atoms with Gasteiger partial charge in [-0.3, -0.25) is 9.89 Å². The molecule has 1 aliphatic heterocycles. The van der Waals surface area contributed by atoms with Gasteiger partial charge < -0.3 is 14.7 Å². The van der Waals surface area contributed by atoms with Crippen molar-refractivity contribution in [2.24, 2.45) is 0 Å². The van der Waals surface area contributed by atoms with Crippen LogP contribution in [0, 0.1) is 13.8 Å². The van der Waals surface area contributed by atoms with E-state index in [0.717, 1.165) is 52.8 Å². The molecule has 0 aliphatic carbocycles. The summed E-state index contributed by atoms with van der Waals surface area (Å²) in [6.07, 6.45) is 3.33. The first-order chi connectivity index (χ1) is 18.0. The number of amides is 1. The highest BCUT2D eigenvalue weighted by Crippen LogP contribution is 2.46. The Bertz CT molecular complexity index is 1390. The van der Waals surface area contributed by atoms with Crippen molar-refractivity contribution in [1.82, 2.24) is 15.1 Å². The second-order valence-electron chi connectivity index (χ2n) is 9.78. The Hall–Kier alpha value is -4.06. The maximum atomic E-state index is 13.7. The summed E-state index contributed by atoms with van der Waals surface area (Å²) in [6.45, 7) is 7.20. The minimum absolute atomic E-state index is 0.105. The fourth-order valence-corrected chi connectivity index (χ4v) is 5.12. The Kier molecular flexibility index (Phi) is 6.99. The van der Waals surface area contributed by atoms with Gasteiger partial charge >= 0.3 is 0 Å². The smallest absolute Gasteiger partial charge is 0.273 e. The predicted octanol–water partition coefficient (Wildman–Crippen LogP) is 6.71. The van der Waals surface area contributed by atoms with Crippen LogP contribution in [0.3, 0.4) is 0 Å². The number of aryl methyl sites for hydroxylation is 2. The van der Waals surface area contributed by atoms with Gasteiger partial charge in [-0.2, -0.15) is 5.10 Å². The highest BCUT2D eigenvalue weighted by molar-refractivity contribution is 6.00. The molecular formula is C31H33N3O3. The molecule has 4 aromatic rings. The molecule has 1 amide bonds. The molecule has 0 bridgehead atoms. The molecule has 1 aromatic heterocycles. The number of rotatable bonds is 9. The molecule has 6 heteroatoms. The van der Waals surface area contributed by atoms with Gasteiger partial charge in [-0.15, -0.1) is 0 Å². The van der Waals surface area contributed by atoms with Gasteiger partial charge in [0.1, 0.15) is 22.9 Å². The zero-order valence-electron chi connectivity index (χ0n) is 21.6. The number of aromatic hydroxyl groups is 1. The molecule has 0 radical (unpaired) electrons. The third kappa shape index (κ3) is 4.84. The summed E-state index contributed by atoms with van der Waals surface area (Å²) in [6, 6.07) is 21.5. The lowest BCUT2D eigenvalue weighted by Crippen LogP contribution is -2.29. The molecule has 3 aromatic carbocycles. The number of aromatic amines is 1. The van der Waals surface area contributed by atoms with E-state index in [1.165, 1.54) is 0 Å². The van der Waals surface area contributed by atoms with Crippen LogP contribution >= 0.6 is 0 Å². The molecule has 37 heavy (non-hydrogen) atoms. The minimum atomic E-state index is -0.356. The van der Waals surface area contributed by atoms with Crippen LogP contribution in [0.1, 0.15) is 70.5 Å². The van der Waals surface area contributed by atoms with Gasteiger partial charge in [0.15, 0.2) is 0 Å². The average molecular weight is 496 g/mol. The maximum absolute atomic E-state index is 13.7. The standard InChI is InChI=1S/C31H33N3O3/c1-4-5-9-16-37-24-14-12-23(13-15-24)29-26-27(25-18-20(2)17-21(3)30(25)35)32-33-28(26)31(36)34(29)19-22-10-7-6-8-11-22/h6-8,10-15,17-18,29,35H,4-5,9,16,19H2,1-3H3,(H,32,33). The molecule has 1 atom stereocenters. The van der Waals surface area contributed by atoms with Crippen molar-refractivity contribution in [3.05, 3.63) is 100 Å². The van der Waals surface area contributed by atoms with Crippen LogP contribution in [0.25, 0.3) is 11.3 Å². The van der Waals surface area contributed by atoms with Gasteiger partial charge in [-0.25, -0.2) is 0 Å². The van der Waals surface area contributed by atoms with Crippen molar-refractivity contribution in [3.63, 3.8) is 0 Å². The lowest BCUT2D eigenvalue weighted by atomic mass is 9.94. The molecule has 6 nitrogen and oxygen atoms in total. The molecular weight excluding hydrogens is 462 g/mol. The van der Waals surface area contributed by atoms with E-state index in [1.54, 1.807) is 0 Å². The number of carbonyl (C=O) groups is 1. The summed E-state index contributed by atoms with van der Waals surface area (Å²) < 4.78 is 5.93. The summed E-state index contributed by atoms with van der Waals surface area (Å²) in [4.78, 5) is 15.6. The van der Waals surface area contributed by atoms with Crippen molar-refractivity contribution in [2.45, 2.75) is 52.6 Å². The Balaban J connectivity index is 1.56. The second-order valence-corrected chi connectivity index (χ2v) is 9.78. The van der Waals surface area contributed by atoms with E-state index in [4.69, 9.17) is 4.74 Å². The fourth-order valence-electron chi connectivity index (χ4n) is 5.12. The first-order valence-corrected chi connectivity index (χ1v) is 12.9. The highest BCUT2D eigenvalue weighted by Gasteiger charge is 2.42. The number of carbonyl (C=O) groups excluding carboxylic acids is 1. The van der Waals surface area contributed by atoms with Crippen molar-refractivity contribution in [2.75, 3.05) is 6.61 Å². The fraction of sp³-hybridized carbons (Fsp3) is 0.290. The van der Waals surface area contributed by atoms with Gasteiger partial charge in [-0.05, 0) is 60.7 Å². The van der Waals surface area contributed by atoms with Gasteiger partial charge in [0, 0.05) is 17.7 Å². The summed E-state index contributed by atoms with van der Waals surface area (Å²) in [5, 5.41) is 18.5. The number of fused-ring (bicyclic) bond motifs is 1. The number of nitrogens with zero attached hydrogens (tertiary/aromatic N) is 2. The average Bonchev–Trinajstić information content (AvgIpc) is 3.44. The Morgan fingerprint density at radius 1 is 1.03 bits per heavy atom. The summed E-state index contributed by atoms with van der Waals surface area (Å²) in [7, 11) is 0. The number of hydrogen-bond acceptors (Lipinski definition) is 4. The zero-order valence-corrected chi connectivity index (χ0v) is 21.6. The molecule has 1 aliphatic rings. The second kappa shape index (κ2) is 10.5. The quantitative estimate of drug-likeness (QED) is 0.253. The van der Waals surface area contributed by atoms with Crippen LogP contribution in [-0.2, 0) is 6.54 Å². The Morgan fingerprint density at radius 2 is 1.78 bits per heavy atom.